The first kappa shape index (κ1) is 13.1. The van der Waals surface area contributed by atoms with Crippen LogP contribution in [0.1, 0.15) is 20.3 Å². The van der Waals surface area contributed by atoms with Crippen LogP contribution in [-0.2, 0) is 6.54 Å². The summed E-state index contributed by atoms with van der Waals surface area (Å²) in [5, 5.41) is 0. The van der Waals surface area contributed by atoms with Gasteiger partial charge in [-0.3, -0.25) is 4.79 Å². The first-order valence-electron chi connectivity index (χ1n) is 6.62. The summed E-state index contributed by atoms with van der Waals surface area (Å²) in [6.45, 7) is 7.37. The predicted octanol–water partition coefficient (Wildman–Crippen LogP) is 0.684. The van der Waals surface area contributed by atoms with Gasteiger partial charge in [0.15, 0.2) is 5.82 Å². The molecule has 0 aromatic carbocycles. The molecule has 1 saturated heterocycles. The Morgan fingerprint density at radius 2 is 2.33 bits per heavy atom. The molecular formula is C13H22N4O. The number of hydrogen-bond donors (Lipinski definition) is 1. The van der Waals surface area contributed by atoms with Crippen molar-refractivity contribution in [2.75, 3.05) is 24.5 Å². The molecule has 0 saturated carbocycles. The van der Waals surface area contributed by atoms with Crippen molar-refractivity contribution < 1.29 is 0 Å². The topological polar surface area (TPSA) is 64.2 Å². The van der Waals surface area contributed by atoms with Crippen molar-refractivity contribution in [3.8, 4) is 0 Å². The molecule has 18 heavy (non-hydrogen) atoms. The molecule has 0 aliphatic carbocycles. The van der Waals surface area contributed by atoms with Crippen LogP contribution < -0.4 is 16.2 Å². The first-order chi connectivity index (χ1) is 8.61. The van der Waals surface area contributed by atoms with Crippen LogP contribution in [0.5, 0.6) is 0 Å². The van der Waals surface area contributed by atoms with Crippen LogP contribution >= 0.6 is 0 Å². The van der Waals surface area contributed by atoms with Crippen molar-refractivity contribution in [2.24, 2.45) is 17.6 Å². The maximum Gasteiger partial charge on any atom is 0.293 e. The molecule has 1 fully saturated rings. The smallest absolute Gasteiger partial charge is 0.293 e. The monoisotopic (exact) mass is 250 g/mol. The van der Waals surface area contributed by atoms with Crippen molar-refractivity contribution in [1.29, 1.82) is 0 Å². The minimum Gasteiger partial charge on any atom is -0.352 e. The van der Waals surface area contributed by atoms with E-state index in [0.29, 0.717) is 24.2 Å². The van der Waals surface area contributed by atoms with Crippen LogP contribution in [0.15, 0.2) is 17.2 Å². The molecule has 1 aromatic rings. The molecule has 0 radical (unpaired) electrons. The highest BCUT2D eigenvalue weighted by Gasteiger charge is 2.24. The Bertz CT molecular complexity index is 455. The maximum absolute atomic E-state index is 12.3. The average Bonchev–Trinajstić information content (AvgIpc) is 2.80. The highest BCUT2D eigenvalue weighted by molar-refractivity contribution is 5.37. The number of anilines is 1. The fourth-order valence-corrected chi connectivity index (χ4v) is 2.41. The van der Waals surface area contributed by atoms with Gasteiger partial charge in [-0.15, -0.1) is 0 Å². The molecule has 5 heteroatoms. The summed E-state index contributed by atoms with van der Waals surface area (Å²) >= 11 is 0. The van der Waals surface area contributed by atoms with E-state index in [9.17, 15) is 4.79 Å². The molecule has 1 aliphatic heterocycles. The molecular weight excluding hydrogens is 228 g/mol. The summed E-state index contributed by atoms with van der Waals surface area (Å²) in [5.74, 6) is 1.52. The van der Waals surface area contributed by atoms with E-state index in [2.05, 4.69) is 23.7 Å². The van der Waals surface area contributed by atoms with E-state index in [1.807, 2.05) is 0 Å². The zero-order valence-electron chi connectivity index (χ0n) is 11.2. The highest BCUT2D eigenvalue weighted by atomic mass is 16.1. The van der Waals surface area contributed by atoms with E-state index >= 15 is 0 Å². The SMILES string of the molecule is CC(C)Cn1ccnc(N2CCC(CN)C2)c1=O. The van der Waals surface area contributed by atoms with E-state index in [0.717, 1.165) is 26.1 Å². The minimum absolute atomic E-state index is 0.0175. The Kier molecular flexibility index (Phi) is 4.01. The third-order valence-electron chi connectivity index (χ3n) is 3.38. The van der Waals surface area contributed by atoms with Crippen LogP contribution in [0.2, 0.25) is 0 Å². The van der Waals surface area contributed by atoms with Crippen LogP contribution in [0.3, 0.4) is 0 Å². The largest absolute Gasteiger partial charge is 0.352 e. The van der Waals surface area contributed by atoms with Gasteiger partial charge in [0.1, 0.15) is 0 Å². The quantitative estimate of drug-likeness (QED) is 0.853. The van der Waals surface area contributed by atoms with Crippen molar-refractivity contribution in [1.82, 2.24) is 9.55 Å². The van der Waals surface area contributed by atoms with Crippen molar-refractivity contribution in [3.63, 3.8) is 0 Å². The van der Waals surface area contributed by atoms with Crippen molar-refractivity contribution >= 4 is 5.82 Å². The third-order valence-corrected chi connectivity index (χ3v) is 3.38. The molecule has 0 bridgehead atoms. The van der Waals surface area contributed by atoms with Gasteiger partial charge in [0, 0.05) is 32.0 Å². The minimum atomic E-state index is 0.0175. The molecule has 0 amide bonds. The number of nitrogens with two attached hydrogens (primary N) is 1. The van der Waals surface area contributed by atoms with Crippen LogP contribution in [0.25, 0.3) is 0 Å². The molecule has 1 aliphatic rings. The van der Waals surface area contributed by atoms with E-state index in [1.54, 1.807) is 17.0 Å². The zero-order valence-corrected chi connectivity index (χ0v) is 11.2. The molecule has 2 N–H and O–H groups in total. The standard InChI is InChI=1S/C13H22N4O/c1-10(2)8-17-6-4-15-12(13(17)18)16-5-3-11(7-14)9-16/h4,6,10-11H,3,5,7-9,14H2,1-2H3. The lowest BCUT2D eigenvalue weighted by molar-refractivity contribution is 0.508. The molecule has 5 nitrogen and oxygen atoms in total. The van der Waals surface area contributed by atoms with Gasteiger partial charge in [0.05, 0.1) is 0 Å². The van der Waals surface area contributed by atoms with E-state index < -0.39 is 0 Å². The van der Waals surface area contributed by atoms with Gasteiger partial charge in [-0.05, 0) is 24.8 Å². The predicted molar refractivity (Wildman–Crippen MR) is 72.7 cm³/mol. The Balaban J connectivity index is 2.21. The van der Waals surface area contributed by atoms with E-state index in [4.69, 9.17) is 5.73 Å². The van der Waals surface area contributed by atoms with E-state index in [1.165, 1.54) is 0 Å². The molecule has 1 aromatic heterocycles. The summed E-state index contributed by atoms with van der Waals surface area (Å²) in [4.78, 5) is 18.6. The molecule has 2 heterocycles. The normalized spacial score (nSPS) is 19.8. The Morgan fingerprint density at radius 1 is 1.56 bits per heavy atom. The van der Waals surface area contributed by atoms with E-state index in [-0.39, 0.29) is 5.56 Å². The third kappa shape index (κ3) is 2.72. The zero-order chi connectivity index (χ0) is 13.1. The van der Waals surface area contributed by atoms with Gasteiger partial charge < -0.3 is 15.2 Å². The van der Waals surface area contributed by atoms with Gasteiger partial charge in [0.2, 0.25) is 0 Å². The summed E-state index contributed by atoms with van der Waals surface area (Å²) in [6, 6.07) is 0. The van der Waals surface area contributed by atoms with Crippen molar-refractivity contribution in [3.05, 3.63) is 22.7 Å². The average molecular weight is 250 g/mol. The summed E-state index contributed by atoms with van der Waals surface area (Å²) < 4.78 is 1.75. The second-order valence-corrected chi connectivity index (χ2v) is 5.44. The van der Waals surface area contributed by atoms with Gasteiger partial charge in [-0.1, -0.05) is 13.8 Å². The van der Waals surface area contributed by atoms with Crippen LogP contribution in [0, 0.1) is 11.8 Å². The lowest BCUT2D eigenvalue weighted by atomic mass is 10.1. The molecule has 2 rings (SSSR count). The van der Waals surface area contributed by atoms with Crippen LogP contribution in [-0.4, -0.2) is 29.2 Å². The lowest BCUT2D eigenvalue weighted by Gasteiger charge is -2.18. The molecule has 1 unspecified atom stereocenters. The van der Waals surface area contributed by atoms with Gasteiger partial charge in [-0.2, -0.15) is 0 Å². The summed E-state index contributed by atoms with van der Waals surface area (Å²) in [5.41, 5.74) is 5.70. The second-order valence-electron chi connectivity index (χ2n) is 5.44. The Morgan fingerprint density at radius 3 is 2.94 bits per heavy atom. The van der Waals surface area contributed by atoms with Gasteiger partial charge >= 0.3 is 0 Å². The van der Waals surface area contributed by atoms with Gasteiger partial charge in [0.25, 0.3) is 5.56 Å². The number of hydrogen-bond acceptors (Lipinski definition) is 4. The fraction of sp³-hybridized carbons (Fsp3) is 0.692. The van der Waals surface area contributed by atoms with Crippen molar-refractivity contribution in [2.45, 2.75) is 26.8 Å². The fourth-order valence-electron chi connectivity index (χ4n) is 2.41. The Hall–Kier alpha value is -1.36. The lowest BCUT2D eigenvalue weighted by Crippen LogP contribution is -2.33. The van der Waals surface area contributed by atoms with Crippen LogP contribution in [0.4, 0.5) is 5.82 Å². The first-order valence-corrected chi connectivity index (χ1v) is 6.62. The number of nitrogens with zero attached hydrogens (tertiary/aromatic N) is 3. The van der Waals surface area contributed by atoms with Gasteiger partial charge in [-0.25, -0.2) is 4.98 Å². The second kappa shape index (κ2) is 5.52. The molecule has 1 atom stereocenters. The number of aromatic nitrogens is 2. The molecule has 0 spiro atoms. The highest BCUT2D eigenvalue weighted by Crippen LogP contribution is 2.18. The Labute approximate surface area is 108 Å². The maximum atomic E-state index is 12.3. The summed E-state index contributed by atoms with van der Waals surface area (Å²) in [6.07, 6.45) is 4.54. The number of rotatable bonds is 4. The summed E-state index contributed by atoms with van der Waals surface area (Å²) in [7, 11) is 0. The molecule has 100 valence electrons.